The van der Waals surface area contributed by atoms with E-state index in [4.69, 9.17) is 14.2 Å². The molecule has 3 heterocycles. The van der Waals surface area contributed by atoms with E-state index in [-0.39, 0.29) is 6.04 Å². The van der Waals surface area contributed by atoms with Crippen LogP contribution < -0.4 is 5.32 Å². The number of hydrogen-bond acceptors (Lipinski definition) is 6. The number of nitrogens with one attached hydrogen (secondary N) is 1. The molecule has 1 saturated heterocycles. The molecule has 6 nitrogen and oxygen atoms in total. The van der Waals surface area contributed by atoms with Crippen LogP contribution in [0, 0.1) is 6.92 Å². The van der Waals surface area contributed by atoms with Crippen molar-refractivity contribution >= 4 is 10.9 Å². The van der Waals surface area contributed by atoms with Gasteiger partial charge in [-0.05, 0) is 38.0 Å². The Hall–Kier alpha value is -2.31. The van der Waals surface area contributed by atoms with E-state index in [1.54, 1.807) is 0 Å². The predicted octanol–water partition coefficient (Wildman–Crippen LogP) is 3.13. The molecule has 5 rings (SSSR count). The van der Waals surface area contributed by atoms with Gasteiger partial charge in [0.2, 0.25) is 0 Å². The van der Waals surface area contributed by atoms with E-state index in [1.165, 1.54) is 18.4 Å². The van der Waals surface area contributed by atoms with Gasteiger partial charge in [0.1, 0.15) is 0 Å². The molecule has 128 valence electrons. The molecule has 1 N–H and O–H groups in total. The summed E-state index contributed by atoms with van der Waals surface area (Å²) in [6, 6.07) is 8.43. The van der Waals surface area contributed by atoms with Crippen LogP contribution in [0.5, 0.6) is 0 Å². The highest BCUT2D eigenvalue weighted by Gasteiger charge is 2.28. The zero-order valence-electron chi connectivity index (χ0n) is 14.2. The first-order valence-corrected chi connectivity index (χ1v) is 8.84. The monoisotopic (exact) mass is 336 g/mol. The number of ether oxygens (including phenoxy) is 1. The average molecular weight is 336 g/mol. The predicted molar refractivity (Wildman–Crippen MR) is 93.3 cm³/mol. The van der Waals surface area contributed by atoms with Gasteiger partial charge in [0, 0.05) is 23.5 Å². The SMILES string of the molecule is Cc1ccc2nc(C3CC3)cc(-c3nc(C4COCCN4)no3)c2c1. The lowest BCUT2D eigenvalue weighted by atomic mass is 10.0. The molecule has 2 fully saturated rings. The Bertz CT molecular complexity index is 926. The third-order valence-corrected chi connectivity index (χ3v) is 4.89. The van der Waals surface area contributed by atoms with Crippen LogP contribution in [0.25, 0.3) is 22.4 Å². The standard InChI is InChI=1S/C19H20N4O2/c1-11-2-5-15-13(8-11)14(9-16(21-15)12-3-4-12)19-22-18(23-25-19)17-10-24-7-6-20-17/h2,5,8-9,12,17,20H,3-4,6-7,10H2,1H3. The lowest BCUT2D eigenvalue weighted by Crippen LogP contribution is -2.35. The first-order valence-electron chi connectivity index (χ1n) is 8.84. The van der Waals surface area contributed by atoms with Gasteiger partial charge in [-0.3, -0.25) is 4.98 Å². The van der Waals surface area contributed by atoms with E-state index in [0.29, 0.717) is 24.2 Å². The number of pyridine rings is 1. The Morgan fingerprint density at radius 1 is 1.16 bits per heavy atom. The molecule has 1 atom stereocenters. The molecule has 1 saturated carbocycles. The molecule has 0 radical (unpaired) electrons. The largest absolute Gasteiger partial charge is 0.378 e. The number of aromatic nitrogens is 3. The third-order valence-electron chi connectivity index (χ3n) is 4.89. The van der Waals surface area contributed by atoms with Gasteiger partial charge in [-0.25, -0.2) is 0 Å². The molecule has 1 aliphatic carbocycles. The van der Waals surface area contributed by atoms with E-state index in [9.17, 15) is 0 Å². The van der Waals surface area contributed by atoms with Crippen molar-refractivity contribution in [3.63, 3.8) is 0 Å². The third kappa shape index (κ3) is 2.81. The normalized spacial score (nSPS) is 20.9. The molecule has 2 aromatic heterocycles. The second kappa shape index (κ2) is 5.89. The number of hydrogen-bond donors (Lipinski definition) is 1. The van der Waals surface area contributed by atoms with E-state index >= 15 is 0 Å². The molecule has 1 unspecified atom stereocenters. The summed E-state index contributed by atoms with van der Waals surface area (Å²) in [5.74, 6) is 1.78. The summed E-state index contributed by atoms with van der Waals surface area (Å²) in [5, 5.41) is 8.61. The maximum atomic E-state index is 5.62. The first kappa shape index (κ1) is 15.0. The molecule has 1 aromatic carbocycles. The van der Waals surface area contributed by atoms with Crippen LogP contribution in [0.3, 0.4) is 0 Å². The quantitative estimate of drug-likeness (QED) is 0.792. The minimum atomic E-state index is -0.0102. The van der Waals surface area contributed by atoms with Crippen molar-refractivity contribution in [2.24, 2.45) is 0 Å². The Kier molecular flexibility index (Phi) is 3.53. The zero-order chi connectivity index (χ0) is 16.8. The second-order valence-electron chi connectivity index (χ2n) is 6.93. The smallest absolute Gasteiger partial charge is 0.258 e. The minimum Gasteiger partial charge on any atom is -0.378 e. The Balaban J connectivity index is 1.61. The summed E-state index contributed by atoms with van der Waals surface area (Å²) in [4.78, 5) is 9.50. The lowest BCUT2D eigenvalue weighted by Gasteiger charge is -2.20. The van der Waals surface area contributed by atoms with Crippen molar-refractivity contribution in [1.29, 1.82) is 0 Å². The van der Waals surface area contributed by atoms with Crippen LogP contribution in [-0.4, -0.2) is 34.9 Å². The van der Waals surface area contributed by atoms with Crippen molar-refractivity contribution in [2.75, 3.05) is 19.8 Å². The molecule has 2 aliphatic rings. The molecule has 25 heavy (non-hydrogen) atoms. The Morgan fingerprint density at radius 3 is 2.88 bits per heavy atom. The average Bonchev–Trinajstić information content (AvgIpc) is 3.38. The summed E-state index contributed by atoms with van der Waals surface area (Å²) < 4.78 is 11.1. The maximum Gasteiger partial charge on any atom is 0.258 e. The van der Waals surface area contributed by atoms with Gasteiger partial charge in [0.25, 0.3) is 5.89 Å². The summed E-state index contributed by atoms with van der Waals surface area (Å²) >= 11 is 0. The van der Waals surface area contributed by atoms with Gasteiger partial charge in [-0.15, -0.1) is 0 Å². The number of benzene rings is 1. The van der Waals surface area contributed by atoms with E-state index in [1.807, 2.05) is 0 Å². The molecule has 3 aromatic rings. The summed E-state index contributed by atoms with van der Waals surface area (Å²) in [7, 11) is 0. The Labute approximate surface area is 145 Å². The number of rotatable bonds is 3. The van der Waals surface area contributed by atoms with Crippen molar-refractivity contribution < 1.29 is 9.26 Å². The summed E-state index contributed by atoms with van der Waals surface area (Å²) in [5.41, 5.74) is 4.29. The lowest BCUT2D eigenvalue weighted by molar-refractivity contribution is 0.0734. The maximum absolute atomic E-state index is 5.62. The van der Waals surface area contributed by atoms with Crippen molar-refractivity contribution in [2.45, 2.75) is 31.7 Å². The van der Waals surface area contributed by atoms with E-state index in [0.717, 1.165) is 35.3 Å². The van der Waals surface area contributed by atoms with Crippen LogP contribution in [0.2, 0.25) is 0 Å². The highest BCUT2D eigenvalue weighted by molar-refractivity contribution is 5.93. The second-order valence-corrected chi connectivity index (χ2v) is 6.93. The topological polar surface area (TPSA) is 73.1 Å². The Morgan fingerprint density at radius 2 is 2.08 bits per heavy atom. The summed E-state index contributed by atoms with van der Waals surface area (Å²) in [6.45, 7) is 4.18. The molecule has 0 spiro atoms. The van der Waals surface area contributed by atoms with Crippen molar-refractivity contribution in [1.82, 2.24) is 20.4 Å². The van der Waals surface area contributed by atoms with Crippen LogP contribution >= 0.6 is 0 Å². The van der Waals surface area contributed by atoms with Gasteiger partial charge in [0.15, 0.2) is 5.82 Å². The van der Waals surface area contributed by atoms with Gasteiger partial charge >= 0.3 is 0 Å². The number of aryl methyl sites for hydroxylation is 1. The van der Waals surface area contributed by atoms with Crippen LogP contribution in [0.1, 0.15) is 41.9 Å². The fraction of sp³-hybridized carbons (Fsp3) is 0.421. The minimum absolute atomic E-state index is 0.0102. The van der Waals surface area contributed by atoms with Crippen LogP contribution in [0.4, 0.5) is 0 Å². The highest BCUT2D eigenvalue weighted by atomic mass is 16.5. The molecule has 0 bridgehead atoms. The van der Waals surface area contributed by atoms with Crippen LogP contribution in [0.15, 0.2) is 28.8 Å². The number of morpholine rings is 1. The number of nitrogens with zero attached hydrogens (tertiary/aromatic N) is 3. The number of fused-ring (bicyclic) bond motifs is 1. The van der Waals surface area contributed by atoms with Gasteiger partial charge < -0.3 is 14.6 Å². The van der Waals surface area contributed by atoms with Crippen molar-refractivity contribution in [3.05, 3.63) is 41.3 Å². The zero-order valence-corrected chi connectivity index (χ0v) is 14.2. The first-order chi connectivity index (χ1) is 12.3. The molecular weight excluding hydrogens is 316 g/mol. The fourth-order valence-electron chi connectivity index (χ4n) is 3.34. The van der Waals surface area contributed by atoms with E-state index < -0.39 is 0 Å². The highest BCUT2D eigenvalue weighted by Crippen LogP contribution is 2.41. The summed E-state index contributed by atoms with van der Waals surface area (Å²) in [6.07, 6.45) is 2.42. The molecule has 1 aliphatic heterocycles. The van der Waals surface area contributed by atoms with Crippen molar-refractivity contribution in [3.8, 4) is 11.5 Å². The molecule has 6 heteroatoms. The fourth-order valence-corrected chi connectivity index (χ4v) is 3.34. The van der Waals surface area contributed by atoms with Gasteiger partial charge in [-0.1, -0.05) is 16.8 Å². The van der Waals surface area contributed by atoms with E-state index in [2.05, 4.69) is 46.6 Å². The van der Waals surface area contributed by atoms with Gasteiger partial charge in [0.05, 0.1) is 30.3 Å². The van der Waals surface area contributed by atoms with Crippen LogP contribution in [-0.2, 0) is 4.74 Å². The van der Waals surface area contributed by atoms with Gasteiger partial charge in [-0.2, -0.15) is 4.98 Å². The molecule has 0 amide bonds. The molecular formula is C19H20N4O2.